The Morgan fingerprint density at radius 3 is 2.29 bits per heavy atom. The zero-order valence-corrected chi connectivity index (χ0v) is 13.5. The summed E-state index contributed by atoms with van der Waals surface area (Å²) in [6.45, 7) is 11.9. The summed E-state index contributed by atoms with van der Waals surface area (Å²) in [4.78, 5) is 21.2. The van der Waals surface area contributed by atoms with Crippen molar-refractivity contribution in [3.8, 4) is 0 Å². The first-order valence-corrected chi connectivity index (χ1v) is 7.69. The minimum Gasteiger partial charge on any atom is -0.384 e. The number of aromatic nitrogens is 1. The molecular weight excluding hydrogens is 264 g/mol. The molecule has 0 unspecified atom stereocenters. The zero-order chi connectivity index (χ0) is 15.6. The average Bonchev–Trinajstić information content (AvgIpc) is 2.45. The summed E-state index contributed by atoms with van der Waals surface area (Å²) < 4.78 is 0. The molecule has 0 saturated carbocycles. The highest BCUT2D eigenvalue weighted by Crippen LogP contribution is 2.18. The standard InChI is InChI=1S/C16H26N4O/c1-11(2)14-9-13(10-15(17)18-14)16(21)20-7-5-19(6-8-20)12(3)4/h9-12H,5-8H2,1-4H3,(H2,17,18). The van der Waals surface area contributed by atoms with Crippen molar-refractivity contribution in [1.29, 1.82) is 0 Å². The Hall–Kier alpha value is -1.62. The van der Waals surface area contributed by atoms with Crippen molar-refractivity contribution in [2.75, 3.05) is 31.9 Å². The summed E-state index contributed by atoms with van der Waals surface area (Å²) in [5.41, 5.74) is 7.37. The number of carbonyl (C=O) groups is 1. The first-order chi connectivity index (χ1) is 9.88. The van der Waals surface area contributed by atoms with Gasteiger partial charge in [0.25, 0.3) is 5.91 Å². The van der Waals surface area contributed by atoms with Crippen LogP contribution in [0.5, 0.6) is 0 Å². The molecule has 2 rings (SSSR count). The van der Waals surface area contributed by atoms with Crippen LogP contribution in [-0.2, 0) is 0 Å². The number of hydrogen-bond acceptors (Lipinski definition) is 4. The maximum atomic E-state index is 12.6. The monoisotopic (exact) mass is 290 g/mol. The van der Waals surface area contributed by atoms with E-state index >= 15 is 0 Å². The fraction of sp³-hybridized carbons (Fsp3) is 0.625. The van der Waals surface area contributed by atoms with Crippen LogP contribution in [0.25, 0.3) is 0 Å². The van der Waals surface area contributed by atoms with Gasteiger partial charge < -0.3 is 10.6 Å². The summed E-state index contributed by atoms with van der Waals surface area (Å²) in [6.07, 6.45) is 0. The van der Waals surface area contributed by atoms with Gasteiger partial charge in [0, 0.05) is 43.5 Å². The predicted octanol–water partition coefficient (Wildman–Crippen LogP) is 1.95. The molecule has 2 heterocycles. The van der Waals surface area contributed by atoms with Gasteiger partial charge in [-0.2, -0.15) is 0 Å². The van der Waals surface area contributed by atoms with Crippen molar-refractivity contribution in [2.24, 2.45) is 0 Å². The van der Waals surface area contributed by atoms with Gasteiger partial charge in [-0.1, -0.05) is 13.8 Å². The van der Waals surface area contributed by atoms with E-state index in [-0.39, 0.29) is 11.8 Å². The first kappa shape index (κ1) is 15.8. The summed E-state index contributed by atoms with van der Waals surface area (Å²) in [7, 11) is 0. The molecule has 116 valence electrons. The summed E-state index contributed by atoms with van der Waals surface area (Å²) in [5, 5.41) is 0. The Labute approximate surface area is 127 Å². The molecule has 21 heavy (non-hydrogen) atoms. The van der Waals surface area contributed by atoms with Crippen LogP contribution in [-0.4, -0.2) is 52.9 Å². The lowest BCUT2D eigenvalue weighted by Gasteiger charge is -2.37. The van der Waals surface area contributed by atoms with E-state index < -0.39 is 0 Å². The summed E-state index contributed by atoms with van der Waals surface area (Å²) in [5.74, 6) is 0.748. The molecule has 1 amide bonds. The van der Waals surface area contributed by atoms with Gasteiger partial charge in [0.2, 0.25) is 0 Å². The lowest BCUT2D eigenvalue weighted by Crippen LogP contribution is -2.50. The quantitative estimate of drug-likeness (QED) is 0.924. The molecule has 1 aromatic rings. The van der Waals surface area contributed by atoms with Crippen LogP contribution in [0.3, 0.4) is 0 Å². The number of nitrogen functional groups attached to an aromatic ring is 1. The van der Waals surface area contributed by atoms with E-state index in [9.17, 15) is 4.79 Å². The van der Waals surface area contributed by atoms with Gasteiger partial charge >= 0.3 is 0 Å². The smallest absolute Gasteiger partial charge is 0.254 e. The highest BCUT2D eigenvalue weighted by molar-refractivity contribution is 5.95. The van der Waals surface area contributed by atoms with E-state index in [0.717, 1.165) is 31.9 Å². The Kier molecular flexibility index (Phi) is 4.83. The molecule has 0 atom stereocenters. The summed E-state index contributed by atoms with van der Waals surface area (Å²) >= 11 is 0. The van der Waals surface area contributed by atoms with Crippen LogP contribution in [0, 0.1) is 0 Å². The molecule has 0 aromatic carbocycles. The van der Waals surface area contributed by atoms with Crippen LogP contribution in [0.2, 0.25) is 0 Å². The molecule has 0 radical (unpaired) electrons. The van der Waals surface area contributed by atoms with Crippen molar-refractivity contribution in [3.63, 3.8) is 0 Å². The van der Waals surface area contributed by atoms with Crippen LogP contribution in [0.1, 0.15) is 49.7 Å². The van der Waals surface area contributed by atoms with E-state index in [2.05, 4.69) is 37.6 Å². The third kappa shape index (κ3) is 3.73. The van der Waals surface area contributed by atoms with Crippen molar-refractivity contribution < 1.29 is 4.79 Å². The van der Waals surface area contributed by atoms with Gasteiger partial charge in [-0.3, -0.25) is 9.69 Å². The second-order valence-electron chi connectivity index (χ2n) is 6.28. The minimum absolute atomic E-state index is 0.0643. The van der Waals surface area contributed by atoms with E-state index in [0.29, 0.717) is 17.4 Å². The van der Waals surface area contributed by atoms with E-state index in [1.807, 2.05) is 11.0 Å². The number of piperazine rings is 1. The van der Waals surface area contributed by atoms with Gasteiger partial charge in [0.15, 0.2) is 0 Å². The normalized spacial score (nSPS) is 16.8. The van der Waals surface area contributed by atoms with Crippen molar-refractivity contribution in [1.82, 2.24) is 14.8 Å². The average molecular weight is 290 g/mol. The summed E-state index contributed by atoms with van der Waals surface area (Å²) in [6, 6.07) is 4.09. The topological polar surface area (TPSA) is 62.5 Å². The van der Waals surface area contributed by atoms with Crippen LogP contribution in [0.15, 0.2) is 12.1 Å². The fourth-order valence-corrected chi connectivity index (χ4v) is 2.62. The fourth-order valence-electron chi connectivity index (χ4n) is 2.62. The van der Waals surface area contributed by atoms with Gasteiger partial charge in [-0.25, -0.2) is 4.98 Å². The number of nitrogens with zero attached hydrogens (tertiary/aromatic N) is 3. The second kappa shape index (κ2) is 6.43. The Morgan fingerprint density at radius 1 is 1.14 bits per heavy atom. The molecule has 0 spiro atoms. The first-order valence-electron chi connectivity index (χ1n) is 7.69. The molecule has 1 saturated heterocycles. The number of carbonyl (C=O) groups excluding carboxylic acids is 1. The van der Waals surface area contributed by atoms with Crippen LogP contribution in [0.4, 0.5) is 5.82 Å². The Bertz CT molecular complexity index is 505. The highest BCUT2D eigenvalue weighted by atomic mass is 16.2. The lowest BCUT2D eigenvalue weighted by molar-refractivity contribution is 0.0595. The van der Waals surface area contributed by atoms with Gasteiger partial charge in [0.05, 0.1) is 0 Å². The Morgan fingerprint density at radius 2 is 1.76 bits per heavy atom. The SMILES string of the molecule is CC(C)c1cc(C(=O)N2CCN(C(C)C)CC2)cc(N)n1. The lowest BCUT2D eigenvalue weighted by atomic mass is 10.1. The molecule has 2 N–H and O–H groups in total. The molecule has 0 aliphatic carbocycles. The number of amides is 1. The van der Waals surface area contributed by atoms with Crippen molar-refractivity contribution in [3.05, 3.63) is 23.4 Å². The number of anilines is 1. The van der Waals surface area contributed by atoms with Crippen LogP contribution >= 0.6 is 0 Å². The van der Waals surface area contributed by atoms with Gasteiger partial charge in [0.1, 0.15) is 5.82 Å². The molecule has 1 aliphatic rings. The van der Waals surface area contributed by atoms with Crippen molar-refractivity contribution in [2.45, 2.75) is 39.7 Å². The van der Waals surface area contributed by atoms with Gasteiger partial charge in [-0.05, 0) is 31.9 Å². The number of hydrogen-bond donors (Lipinski definition) is 1. The predicted molar refractivity (Wildman–Crippen MR) is 85.4 cm³/mol. The maximum absolute atomic E-state index is 12.6. The van der Waals surface area contributed by atoms with Gasteiger partial charge in [-0.15, -0.1) is 0 Å². The highest BCUT2D eigenvalue weighted by Gasteiger charge is 2.24. The Balaban J connectivity index is 2.11. The third-order valence-electron chi connectivity index (χ3n) is 4.04. The van der Waals surface area contributed by atoms with E-state index in [1.165, 1.54) is 0 Å². The molecule has 5 heteroatoms. The molecular formula is C16H26N4O. The maximum Gasteiger partial charge on any atom is 0.254 e. The molecule has 5 nitrogen and oxygen atoms in total. The van der Waals surface area contributed by atoms with Crippen LogP contribution < -0.4 is 5.73 Å². The third-order valence-corrected chi connectivity index (χ3v) is 4.04. The number of nitrogens with two attached hydrogens (primary N) is 1. The largest absolute Gasteiger partial charge is 0.384 e. The van der Waals surface area contributed by atoms with Crippen molar-refractivity contribution >= 4 is 11.7 Å². The molecule has 1 aliphatic heterocycles. The zero-order valence-electron chi connectivity index (χ0n) is 13.5. The van der Waals surface area contributed by atoms with E-state index in [4.69, 9.17) is 5.73 Å². The second-order valence-corrected chi connectivity index (χ2v) is 6.28. The molecule has 1 aromatic heterocycles. The minimum atomic E-state index is 0.0643. The number of rotatable bonds is 3. The molecule has 1 fully saturated rings. The number of pyridine rings is 1. The molecule has 0 bridgehead atoms. The van der Waals surface area contributed by atoms with E-state index in [1.54, 1.807) is 6.07 Å².